The van der Waals surface area contributed by atoms with Crippen LogP contribution in [0.1, 0.15) is 11.1 Å². The van der Waals surface area contributed by atoms with Crippen molar-refractivity contribution >= 4 is 17.3 Å². The minimum Gasteiger partial charge on any atom is -0.497 e. The second-order valence-corrected chi connectivity index (χ2v) is 8.87. The number of amides is 1. The van der Waals surface area contributed by atoms with Crippen molar-refractivity contribution in [3.63, 3.8) is 0 Å². The van der Waals surface area contributed by atoms with Gasteiger partial charge in [-0.15, -0.1) is 0 Å². The summed E-state index contributed by atoms with van der Waals surface area (Å²) in [6.45, 7) is 3.29. The Morgan fingerprint density at radius 1 is 1.00 bits per heavy atom. The van der Waals surface area contributed by atoms with E-state index in [1.165, 1.54) is 16.8 Å². The fourth-order valence-corrected chi connectivity index (χ4v) is 5.20. The molecule has 1 fully saturated rings. The van der Waals surface area contributed by atoms with Gasteiger partial charge < -0.3 is 19.9 Å². The van der Waals surface area contributed by atoms with Crippen LogP contribution < -0.4 is 19.9 Å². The highest BCUT2D eigenvalue weighted by atomic mass is 16.5. The van der Waals surface area contributed by atoms with Gasteiger partial charge in [0, 0.05) is 43.6 Å². The van der Waals surface area contributed by atoms with Crippen LogP contribution >= 0.6 is 0 Å². The summed E-state index contributed by atoms with van der Waals surface area (Å²) in [5.74, 6) is 0.936. The van der Waals surface area contributed by atoms with Gasteiger partial charge in [-0.1, -0.05) is 54.6 Å². The molecule has 0 saturated carbocycles. The zero-order chi connectivity index (χ0) is 22.6. The fraction of sp³-hybridized carbons (Fsp3) is 0.321. The number of fused-ring (bicyclic) bond motifs is 3. The minimum atomic E-state index is -0.0796. The van der Waals surface area contributed by atoms with Gasteiger partial charge in [0.15, 0.2) is 0 Å². The average molecular weight is 442 g/mol. The molecule has 0 radical (unpaired) electrons. The van der Waals surface area contributed by atoms with Crippen molar-refractivity contribution in [3.8, 4) is 5.75 Å². The summed E-state index contributed by atoms with van der Waals surface area (Å²) in [6, 6.07) is 27.2. The molecule has 1 amide bonds. The number of methoxy groups -OCH3 is 1. The molecule has 1 N–H and O–H groups in total. The first-order chi connectivity index (χ1) is 16.2. The lowest BCUT2D eigenvalue weighted by Crippen LogP contribution is -2.61. The summed E-state index contributed by atoms with van der Waals surface area (Å²) in [7, 11) is 1.70. The maximum absolute atomic E-state index is 13.4. The molecule has 170 valence electrons. The lowest BCUT2D eigenvalue weighted by molar-refractivity contribution is -0.125. The first-order valence-corrected chi connectivity index (χ1v) is 11.8. The monoisotopic (exact) mass is 441 g/mol. The van der Waals surface area contributed by atoms with E-state index in [9.17, 15) is 4.79 Å². The summed E-state index contributed by atoms with van der Waals surface area (Å²) < 4.78 is 5.44. The number of hydrogen-bond donors (Lipinski definition) is 1. The lowest BCUT2D eigenvalue weighted by Gasteiger charge is -2.49. The third kappa shape index (κ3) is 4.54. The third-order valence-electron chi connectivity index (χ3n) is 6.93. The maximum Gasteiger partial charge on any atom is 0.225 e. The number of nitrogens with one attached hydrogen (secondary N) is 1. The van der Waals surface area contributed by atoms with Gasteiger partial charge in [0.05, 0.1) is 19.1 Å². The van der Waals surface area contributed by atoms with E-state index in [4.69, 9.17) is 4.74 Å². The van der Waals surface area contributed by atoms with E-state index in [2.05, 4.69) is 63.6 Å². The topological polar surface area (TPSA) is 44.8 Å². The minimum absolute atomic E-state index is 0.0796. The molecule has 1 saturated heterocycles. The molecule has 3 aromatic rings. The van der Waals surface area contributed by atoms with Gasteiger partial charge in [-0.3, -0.25) is 4.79 Å². The predicted molar refractivity (Wildman–Crippen MR) is 133 cm³/mol. The van der Waals surface area contributed by atoms with Crippen LogP contribution in [0.5, 0.6) is 5.75 Å². The normalized spacial score (nSPS) is 19.4. The van der Waals surface area contributed by atoms with Gasteiger partial charge in [0.2, 0.25) is 5.91 Å². The maximum atomic E-state index is 13.4. The number of rotatable bonds is 6. The Morgan fingerprint density at radius 3 is 2.67 bits per heavy atom. The number of piperazine rings is 1. The molecule has 0 bridgehead atoms. The van der Waals surface area contributed by atoms with E-state index in [0.29, 0.717) is 6.54 Å². The Kier molecular flexibility index (Phi) is 6.20. The first-order valence-electron chi connectivity index (χ1n) is 11.8. The van der Waals surface area contributed by atoms with Crippen LogP contribution in [0.3, 0.4) is 0 Å². The number of hydrogen-bond acceptors (Lipinski definition) is 4. The smallest absolute Gasteiger partial charge is 0.225 e. The van der Waals surface area contributed by atoms with Gasteiger partial charge in [0.25, 0.3) is 0 Å². The molecular formula is C28H31N3O2. The molecule has 0 aromatic heterocycles. The van der Waals surface area contributed by atoms with E-state index in [1.807, 2.05) is 30.3 Å². The average Bonchev–Trinajstić information content (AvgIpc) is 2.88. The SMILES string of the molecule is COc1cccc(N2CCN3c4ccccc4C[C@@H](C(=O)NCCc4ccccc4)[C@@H]3C2)c1. The largest absolute Gasteiger partial charge is 0.497 e. The molecule has 3 aromatic carbocycles. The molecular weight excluding hydrogens is 410 g/mol. The summed E-state index contributed by atoms with van der Waals surface area (Å²) in [5.41, 5.74) is 4.94. The van der Waals surface area contributed by atoms with E-state index in [0.717, 1.165) is 43.9 Å². The first kappa shape index (κ1) is 21.4. The Labute approximate surface area is 196 Å². The van der Waals surface area contributed by atoms with Crippen LogP contribution in [0.2, 0.25) is 0 Å². The second kappa shape index (κ2) is 9.57. The number of benzene rings is 3. The van der Waals surface area contributed by atoms with Crippen LogP contribution in [-0.4, -0.2) is 45.2 Å². The van der Waals surface area contributed by atoms with Gasteiger partial charge in [0.1, 0.15) is 5.75 Å². The van der Waals surface area contributed by atoms with Gasteiger partial charge >= 0.3 is 0 Å². The number of ether oxygens (including phenoxy) is 1. The number of nitrogens with zero attached hydrogens (tertiary/aromatic N) is 2. The predicted octanol–water partition coefficient (Wildman–Crippen LogP) is 3.92. The third-order valence-corrected chi connectivity index (χ3v) is 6.93. The van der Waals surface area contributed by atoms with Crippen molar-refractivity contribution in [1.82, 2.24) is 5.32 Å². The summed E-state index contributed by atoms with van der Waals surface area (Å²) in [5, 5.41) is 3.23. The van der Waals surface area contributed by atoms with Crippen molar-refractivity contribution in [2.24, 2.45) is 5.92 Å². The summed E-state index contributed by atoms with van der Waals surface area (Å²) >= 11 is 0. The lowest BCUT2D eigenvalue weighted by atomic mass is 9.83. The highest BCUT2D eigenvalue weighted by Gasteiger charge is 2.41. The van der Waals surface area contributed by atoms with Gasteiger partial charge in [-0.05, 0) is 42.2 Å². The molecule has 2 aliphatic heterocycles. The molecule has 0 spiro atoms. The van der Waals surface area contributed by atoms with Gasteiger partial charge in [-0.25, -0.2) is 0 Å². The van der Waals surface area contributed by atoms with Crippen molar-refractivity contribution < 1.29 is 9.53 Å². The zero-order valence-corrected chi connectivity index (χ0v) is 19.1. The van der Waals surface area contributed by atoms with Crippen LogP contribution in [0.4, 0.5) is 11.4 Å². The Hall–Kier alpha value is -3.47. The number of carbonyl (C=O) groups is 1. The van der Waals surface area contributed by atoms with Crippen molar-refractivity contribution in [2.45, 2.75) is 18.9 Å². The standard InChI is InChI=1S/C28H31N3O2/c1-33-24-12-7-11-23(19-24)30-16-17-31-26-13-6-5-10-22(26)18-25(27(31)20-30)28(32)29-15-14-21-8-3-2-4-9-21/h2-13,19,25,27H,14-18,20H2,1H3,(H,29,32)/t25-,27+/m1/s1. The number of para-hydroxylation sites is 1. The van der Waals surface area contributed by atoms with Crippen LogP contribution in [0.25, 0.3) is 0 Å². The zero-order valence-electron chi connectivity index (χ0n) is 19.1. The second-order valence-electron chi connectivity index (χ2n) is 8.87. The molecule has 2 aliphatic rings. The van der Waals surface area contributed by atoms with E-state index in [-0.39, 0.29) is 17.9 Å². The van der Waals surface area contributed by atoms with Crippen molar-refractivity contribution in [2.75, 3.05) is 43.1 Å². The van der Waals surface area contributed by atoms with Gasteiger partial charge in [-0.2, -0.15) is 0 Å². The highest BCUT2D eigenvalue weighted by Crippen LogP contribution is 2.37. The van der Waals surface area contributed by atoms with E-state index < -0.39 is 0 Å². The molecule has 2 heterocycles. The molecule has 0 unspecified atom stereocenters. The highest BCUT2D eigenvalue weighted by molar-refractivity contribution is 5.82. The quantitative estimate of drug-likeness (QED) is 0.630. The van der Waals surface area contributed by atoms with Crippen LogP contribution in [0, 0.1) is 5.92 Å². The summed E-state index contributed by atoms with van der Waals surface area (Å²) in [4.78, 5) is 18.3. The van der Waals surface area contributed by atoms with Crippen molar-refractivity contribution in [3.05, 3.63) is 90.0 Å². The molecule has 5 nitrogen and oxygen atoms in total. The van der Waals surface area contributed by atoms with E-state index in [1.54, 1.807) is 7.11 Å². The number of anilines is 2. The van der Waals surface area contributed by atoms with Crippen LogP contribution in [0.15, 0.2) is 78.9 Å². The Bertz CT molecular complexity index is 1100. The number of carbonyl (C=O) groups excluding carboxylic acids is 1. The van der Waals surface area contributed by atoms with E-state index >= 15 is 0 Å². The molecule has 5 heteroatoms. The van der Waals surface area contributed by atoms with Crippen LogP contribution in [-0.2, 0) is 17.6 Å². The summed E-state index contributed by atoms with van der Waals surface area (Å²) in [6.07, 6.45) is 1.63. The molecule has 2 atom stereocenters. The molecule has 0 aliphatic carbocycles. The molecule has 33 heavy (non-hydrogen) atoms. The molecule has 5 rings (SSSR count). The fourth-order valence-electron chi connectivity index (χ4n) is 5.20. The Morgan fingerprint density at radius 2 is 1.82 bits per heavy atom. The Balaban J connectivity index is 1.35. The van der Waals surface area contributed by atoms with Crippen molar-refractivity contribution in [1.29, 1.82) is 0 Å².